The molecule has 1 fully saturated rings. The van der Waals surface area contributed by atoms with E-state index in [0.717, 1.165) is 25.9 Å². The lowest BCUT2D eigenvalue weighted by atomic mass is 9.99. The Morgan fingerprint density at radius 1 is 1.27 bits per heavy atom. The molecule has 7 heteroatoms. The SMILES string of the molecule is CN(C(=O)c1ccco1)c1ccccc1C(=O)NCC1CCCNC1.Cl. The molecule has 26 heavy (non-hydrogen) atoms. The molecule has 2 amide bonds. The maximum atomic E-state index is 12.6. The van der Waals surface area contributed by atoms with Gasteiger partial charge in [0.05, 0.1) is 17.5 Å². The monoisotopic (exact) mass is 377 g/mol. The fraction of sp³-hybridized carbons (Fsp3) is 0.368. The van der Waals surface area contributed by atoms with Crippen molar-refractivity contribution in [3.63, 3.8) is 0 Å². The lowest BCUT2D eigenvalue weighted by Crippen LogP contribution is -2.38. The van der Waals surface area contributed by atoms with Crippen LogP contribution in [-0.4, -0.2) is 38.5 Å². The van der Waals surface area contributed by atoms with Gasteiger partial charge in [-0.1, -0.05) is 12.1 Å². The van der Waals surface area contributed by atoms with Crippen molar-refractivity contribution in [2.24, 2.45) is 5.92 Å². The summed E-state index contributed by atoms with van der Waals surface area (Å²) in [5.41, 5.74) is 1.04. The molecule has 2 N–H and O–H groups in total. The molecule has 1 atom stereocenters. The van der Waals surface area contributed by atoms with Crippen LogP contribution in [0.1, 0.15) is 33.8 Å². The molecular formula is C19H24ClN3O3. The van der Waals surface area contributed by atoms with Gasteiger partial charge in [0, 0.05) is 13.6 Å². The largest absolute Gasteiger partial charge is 0.459 e. The normalized spacial score (nSPS) is 16.4. The number of hydrogen-bond donors (Lipinski definition) is 2. The number of hydrogen-bond acceptors (Lipinski definition) is 4. The molecule has 1 aromatic carbocycles. The first-order valence-corrected chi connectivity index (χ1v) is 8.56. The standard InChI is InChI=1S/C19H23N3O3.ClH/c1-22(19(24)17-9-5-11-25-17)16-8-3-2-7-15(16)18(23)21-13-14-6-4-10-20-12-14;/h2-3,5,7-9,11,14,20H,4,6,10,12-13H2,1H3,(H,21,23);1H. The molecule has 1 saturated heterocycles. The predicted molar refractivity (Wildman–Crippen MR) is 103 cm³/mol. The number of nitrogens with one attached hydrogen (secondary N) is 2. The van der Waals surface area contributed by atoms with Gasteiger partial charge >= 0.3 is 0 Å². The van der Waals surface area contributed by atoms with Gasteiger partial charge in [-0.25, -0.2) is 0 Å². The molecule has 0 spiro atoms. The van der Waals surface area contributed by atoms with Gasteiger partial charge in [-0.3, -0.25) is 9.59 Å². The zero-order valence-electron chi connectivity index (χ0n) is 14.7. The Balaban J connectivity index is 0.00000243. The third-order valence-corrected chi connectivity index (χ3v) is 4.50. The summed E-state index contributed by atoms with van der Waals surface area (Å²) in [6, 6.07) is 10.4. The molecule has 140 valence electrons. The van der Waals surface area contributed by atoms with Crippen LogP contribution in [-0.2, 0) is 0 Å². The highest BCUT2D eigenvalue weighted by atomic mass is 35.5. The number of furan rings is 1. The summed E-state index contributed by atoms with van der Waals surface area (Å²) in [6.07, 6.45) is 3.71. The van der Waals surface area contributed by atoms with Crippen molar-refractivity contribution in [1.82, 2.24) is 10.6 Å². The number of carbonyl (C=O) groups excluding carboxylic acids is 2. The molecule has 0 saturated carbocycles. The Labute approximate surface area is 159 Å². The summed E-state index contributed by atoms with van der Waals surface area (Å²) in [7, 11) is 1.64. The fourth-order valence-corrected chi connectivity index (χ4v) is 3.06. The third-order valence-electron chi connectivity index (χ3n) is 4.50. The lowest BCUT2D eigenvalue weighted by molar-refractivity contribution is 0.0945. The first-order chi connectivity index (χ1) is 12.2. The van der Waals surface area contributed by atoms with E-state index in [9.17, 15) is 9.59 Å². The molecule has 1 unspecified atom stereocenters. The van der Waals surface area contributed by atoms with Gasteiger partial charge in [-0.15, -0.1) is 12.4 Å². The van der Waals surface area contributed by atoms with Gasteiger partial charge in [0.1, 0.15) is 0 Å². The number of benzene rings is 1. The molecule has 0 aliphatic carbocycles. The van der Waals surface area contributed by atoms with Gasteiger partial charge < -0.3 is 20.0 Å². The van der Waals surface area contributed by atoms with Crippen LogP contribution in [0.3, 0.4) is 0 Å². The number of halogens is 1. The Hall–Kier alpha value is -2.31. The Morgan fingerprint density at radius 2 is 2.08 bits per heavy atom. The van der Waals surface area contributed by atoms with Crippen LogP contribution in [0.2, 0.25) is 0 Å². The second kappa shape index (κ2) is 9.40. The average molecular weight is 378 g/mol. The second-order valence-corrected chi connectivity index (χ2v) is 6.28. The highest BCUT2D eigenvalue weighted by molar-refractivity contribution is 6.09. The molecule has 3 rings (SSSR count). The van der Waals surface area contributed by atoms with Gasteiger partial charge in [0.25, 0.3) is 11.8 Å². The van der Waals surface area contributed by atoms with E-state index in [1.54, 1.807) is 37.4 Å². The van der Waals surface area contributed by atoms with E-state index >= 15 is 0 Å². The van der Waals surface area contributed by atoms with E-state index in [0.29, 0.717) is 23.7 Å². The van der Waals surface area contributed by atoms with Crippen LogP contribution in [0, 0.1) is 5.92 Å². The van der Waals surface area contributed by atoms with Gasteiger partial charge in [0.15, 0.2) is 5.76 Å². The number of amides is 2. The Morgan fingerprint density at radius 3 is 2.77 bits per heavy atom. The zero-order chi connectivity index (χ0) is 17.6. The van der Waals surface area contributed by atoms with E-state index < -0.39 is 0 Å². The fourth-order valence-electron chi connectivity index (χ4n) is 3.06. The maximum Gasteiger partial charge on any atom is 0.293 e. The second-order valence-electron chi connectivity index (χ2n) is 6.28. The number of carbonyl (C=O) groups is 2. The molecule has 2 heterocycles. The van der Waals surface area contributed by atoms with Crippen molar-refractivity contribution in [1.29, 1.82) is 0 Å². The first-order valence-electron chi connectivity index (χ1n) is 8.56. The molecule has 0 bridgehead atoms. The molecule has 0 radical (unpaired) electrons. The zero-order valence-corrected chi connectivity index (χ0v) is 15.6. The molecule has 1 aliphatic rings. The van der Waals surface area contributed by atoms with Crippen molar-refractivity contribution in [2.45, 2.75) is 12.8 Å². The minimum Gasteiger partial charge on any atom is -0.459 e. The average Bonchev–Trinajstić information content (AvgIpc) is 3.20. The summed E-state index contributed by atoms with van der Waals surface area (Å²) in [6.45, 7) is 2.61. The van der Waals surface area contributed by atoms with E-state index in [2.05, 4.69) is 10.6 Å². The lowest BCUT2D eigenvalue weighted by Gasteiger charge is -2.24. The summed E-state index contributed by atoms with van der Waals surface area (Å²) in [5.74, 6) is 0.236. The third kappa shape index (κ3) is 4.65. The van der Waals surface area contributed by atoms with Crippen LogP contribution in [0.15, 0.2) is 47.1 Å². The molecule has 6 nitrogen and oxygen atoms in total. The summed E-state index contributed by atoms with van der Waals surface area (Å²) < 4.78 is 5.17. The van der Waals surface area contributed by atoms with Crippen LogP contribution >= 0.6 is 12.4 Å². The number of para-hydroxylation sites is 1. The molecule has 2 aromatic rings. The Kier molecular flexibility index (Phi) is 7.24. The van der Waals surface area contributed by atoms with Crippen LogP contribution in [0.25, 0.3) is 0 Å². The first kappa shape index (κ1) is 20.0. The molecule has 1 aliphatic heterocycles. The van der Waals surface area contributed by atoms with Crippen LogP contribution in [0.5, 0.6) is 0 Å². The van der Waals surface area contributed by atoms with Crippen molar-refractivity contribution >= 4 is 29.9 Å². The van der Waals surface area contributed by atoms with E-state index in [1.807, 2.05) is 6.07 Å². The van der Waals surface area contributed by atoms with Crippen molar-refractivity contribution in [3.8, 4) is 0 Å². The van der Waals surface area contributed by atoms with Crippen molar-refractivity contribution in [3.05, 3.63) is 54.0 Å². The van der Waals surface area contributed by atoms with E-state index in [4.69, 9.17) is 4.42 Å². The van der Waals surface area contributed by atoms with Gasteiger partial charge in [0.2, 0.25) is 0 Å². The highest BCUT2D eigenvalue weighted by Gasteiger charge is 2.22. The van der Waals surface area contributed by atoms with Crippen LogP contribution in [0.4, 0.5) is 5.69 Å². The van der Waals surface area contributed by atoms with Crippen LogP contribution < -0.4 is 15.5 Å². The maximum absolute atomic E-state index is 12.6. The van der Waals surface area contributed by atoms with Crippen molar-refractivity contribution < 1.29 is 14.0 Å². The quantitative estimate of drug-likeness (QED) is 0.840. The van der Waals surface area contributed by atoms with Crippen molar-refractivity contribution in [2.75, 3.05) is 31.6 Å². The number of anilines is 1. The Bertz CT molecular complexity index is 727. The smallest absolute Gasteiger partial charge is 0.293 e. The number of nitrogens with zero attached hydrogens (tertiary/aromatic N) is 1. The van der Waals surface area contributed by atoms with Gasteiger partial charge in [-0.05, 0) is 56.1 Å². The number of piperidine rings is 1. The highest BCUT2D eigenvalue weighted by Crippen LogP contribution is 2.21. The summed E-state index contributed by atoms with van der Waals surface area (Å²) >= 11 is 0. The minimum atomic E-state index is -0.290. The minimum absolute atomic E-state index is 0. The topological polar surface area (TPSA) is 74.6 Å². The van der Waals surface area contributed by atoms with E-state index in [-0.39, 0.29) is 30.0 Å². The summed E-state index contributed by atoms with van der Waals surface area (Å²) in [5, 5.41) is 6.34. The molecule has 1 aromatic heterocycles. The molecular weight excluding hydrogens is 354 g/mol. The predicted octanol–water partition coefficient (Wildman–Crippen LogP) is 2.71. The number of rotatable bonds is 5. The van der Waals surface area contributed by atoms with Gasteiger partial charge in [-0.2, -0.15) is 0 Å². The summed E-state index contributed by atoms with van der Waals surface area (Å²) in [4.78, 5) is 26.5. The van der Waals surface area contributed by atoms with E-state index in [1.165, 1.54) is 11.2 Å².